The van der Waals surface area contributed by atoms with Crippen LogP contribution >= 0.6 is 15.9 Å². The molecule has 0 aromatic heterocycles. The van der Waals surface area contributed by atoms with Crippen LogP contribution in [-0.4, -0.2) is 18.9 Å². The van der Waals surface area contributed by atoms with Crippen molar-refractivity contribution in [3.63, 3.8) is 0 Å². The van der Waals surface area contributed by atoms with Gasteiger partial charge in [-0.15, -0.1) is 0 Å². The average Bonchev–Trinajstić information content (AvgIpc) is 2.26. The topological polar surface area (TPSA) is 20.3 Å². The second-order valence-corrected chi connectivity index (χ2v) is 6.77. The molecule has 0 atom stereocenters. The minimum Gasteiger partial charge on any atom is -0.371 e. The number of Topliss-reactive ketones (excluding diaryl/α,β-unsaturated/α-hetero) is 1. The Morgan fingerprint density at radius 1 is 1.16 bits per heavy atom. The molecule has 2 nitrogen and oxygen atoms in total. The second-order valence-electron chi connectivity index (χ2n) is 5.91. The molecule has 106 valence electrons. The minimum absolute atomic E-state index is 0.0951. The smallest absolute Gasteiger partial charge is 0.160 e. The van der Waals surface area contributed by atoms with Crippen LogP contribution in [0.25, 0.3) is 0 Å². The van der Waals surface area contributed by atoms with E-state index in [1.54, 1.807) is 6.92 Å². The number of benzene rings is 1. The molecule has 0 saturated heterocycles. The molecule has 1 aromatic rings. The first-order chi connectivity index (χ1) is 8.81. The Balaban J connectivity index is 3.02. The molecule has 0 spiro atoms. The van der Waals surface area contributed by atoms with Gasteiger partial charge in [-0.2, -0.15) is 0 Å². The van der Waals surface area contributed by atoms with Crippen molar-refractivity contribution < 1.29 is 4.79 Å². The number of ketones is 1. The molecular weight excluding hydrogens is 302 g/mol. The van der Waals surface area contributed by atoms with Gasteiger partial charge in [0.25, 0.3) is 0 Å². The molecule has 0 heterocycles. The molecule has 0 saturated carbocycles. The third-order valence-corrected chi connectivity index (χ3v) is 3.52. The maximum absolute atomic E-state index is 11.5. The van der Waals surface area contributed by atoms with Crippen LogP contribution in [0.5, 0.6) is 0 Å². The molecule has 0 amide bonds. The van der Waals surface area contributed by atoms with Gasteiger partial charge >= 0.3 is 0 Å². The van der Waals surface area contributed by atoms with Crippen molar-refractivity contribution in [1.82, 2.24) is 0 Å². The van der Waals surface area contributed by atoms with E-state index in [4.69, 9.17) is 0 Å². The zero-order valence-electron chi connectivity index (χ0n) is 12.5. The van der Waals surface area contributed by atoms with Crippen molar-refractivity contribution >= 4 is 27.4 Å². The van der Waals surface area contributed by atoms with Crippen LogP contribution in [0.3, 0.4) is 0 Å². The zero-order valence-corrected chi connectivity index (χ0v) is 14.1. The van der Waals surface area contributed by atoms with Crippen LogP contribution < -0.4 is 4.90 Å². The normalized spacial score (nSPS) is 11.2. The number of hydrogen-bond acceptors (Lipinski definition) is 2. The lowest BCUT2D eigenvalue weighted by molar-refractivity contribution is 0.101. The van der Waals surface area contributed by atoms with E-state index >= 15 is 0 Å². The van der Waals surface area contributed by atoms with Gasteiger partial charge in [0.05, 0.1) is 0 Å². The second kappa shape index (κ2) is 7.09. The molecule has 0 bridgehead atoms. The van der Waals surface area contributed by atoms with Gasteiger partial charge in [-0.25, -0.2) is 0 Å². The van der Waals surface area contributed by atoms with Gasteiger partial charge in [-0.05, 0) is 52.9 Å². The highest BCUT2D eigenvalue weighted by Crippen LogP contribution is 2.26. The first-order valence-corrected chi connectivity index (χ1v) is 7.66. The Hall–Kier alpha value is -0.830. The van der Waals surface area contributed by atoms with E-state index in [1.165, 1.54) is 5.69 Å². The van der Waals surface area contributed by atoms with Crippen molar-refractivity contribution in [1.29, 1.82) is 0 Å². The lowest BCUT2D eigenvalue weighted by Crippen LogP contribution is -2.31. The lowest BCUT2D eigenvalue weighted by Gasteiger charge is -2.29. The molecule has 0 radical (unpaired) electrons. The molecule has 0 aliphatic carbocycles. The van der Waals surface area contributed by atoms with Gasteiger partial charge in [0, 0.05) is 28.8 Å². The van der Waals surface area contributed by atoms with Crippen molar-refractivity contribution in [2.45, 2.75) is 34.6 Å². The third kappa shape index (κ3) is 4.98. The highest BCUT2D eigenvalue weighted by atomic mass is 79.9. The average molecular weight is 326 g/mol. The summed E-state index contributed by atoms with van der Waals surface area (Å²) >= 11 is 3.50. The molecule has 19 heavy (non-hydrogen) atoms. The van der Waals surface area contributed by atoms with Crippen LogP contribution in [0, 0.1) is 11.8 Å². The Morgan fingerprint density at radius 2 is 1.68 bits per heavy atom. The number of carbonyl (C=O) groups excluding carboxylic acids is 1. The fourth-order valence-electron chi connectivity index (χ4n) is 2.15. The summed E-state index contributed by atoms with van der Waals surface area (Å²) in [5.41, 5.74) is 1.93. The van der Waals surface area contributed by atoms with Gasteiger partial charge in [-0.3, -0.25) is 4.79 Å². The SMILES string of the molecule is CC(=O)c1ccc(N(CC(C)C)CC(C)C)cc1Br. The summed E-state index contributed by atoms with van der Waals surface area (Å²) < 4.78 is 0.884. The first kappa shape index (κ1) is 16.2. The minimum atomic E-state index is 0.0951. The summed E-state index contributed by atoms with van der Waals surface area (Å²) in [7, 11) is 0. The Morgan fingerprint density at radius 3 is 2.05 bits per heavy atom. The van der Waals surface area contributed by atoms with Gasteiger partial charge < -0.3 is 4.90 Å². The molecule has 0 unspecified atom stereocenters. The summed E-state index contributed by atoms with van der Waals surface area (Å²) in [5, 5.41) is 0. The van der Waals surface area contributed by atoms with Crippen molar-refractivity contribution in [3.05, 3.63) is 28.2 Å². The molecule has 1 rings (SSSR count). The van der Waals surface area contributed by atoms with Crippen molar-refractivity contribution in [2.24, 2.45) is 11.8 Å². The van der Waals surface area contributed by atoms with Crippen molar-refractivity contribution in [2.75, 3.05) is 18.0 Å². The van der Waals surface area contributed by atoms with Crippen LogP contribution in [0.2, 0.25) is 0 Å². The van der Waals surface area contributed by atoms with Crippen LogP contribution in [0.4, 0.5) is 5.69 Å². The molecule has 1 aromatic carbocycles. The third-order valence-electron chi connectivity index (χ3n) is 2.87. The fraction of sp³-hybridized carbons (Fsp3) is 0.562. The summed E-state index contributed by atoms with van der Waals surface area (Å²) in [6.45, 7) is 12.6. The highest BCUT2D eigenvalue weighted by Gasteiger charge is 2.13. The predicted octanol–water partition coefficient (Wildman–Crippen LogP) is 4.77. The number of carbonyl (C=O) groups is 1. The fourth-order valence-corrected chi connectivity index (χ4v) is 2.80. The maximum atomic E-state index is 11.5. The first-order valence-electron chi connectivity index (χ1n) is 6.86. The maximum Gasteiger partial charge on any atom is 0.160 e. The molecular formula is C16H24BrNO. The number of anilines is 1. The van der Waals surface area contributed by atoms with E-state index in [2.05, 4.69) is 54.6 Å². The standard InChI is InChI=1S/C16H24BrNO/c1-11(2)9-18(10-12(3)4)14-6-7-15(13(5)19)16(17)8-14/h6-8,11-12H,9-10H2,1-5H3. The monoisotopic (exact) mass is 325 g/mol. The summed E-state index contributed by atoms with van der Waals surface area (Å²) in [6.07, 6.45) is 0. The largest absolute Gasteiger partial charge is 0.371 e. The van der Waals surface area contributed by atoms with Gasteiger partial charge in [0.2, 0.25) is 0 Å². The van der Waals surface area contributed by atoms with Gasteiger partial charge in [0.15, 0.2) is 5.78 Å². The zero-order chi connectivity index (χ0) is 14.6. The van der Waals surface area contributed by atoms with Crippen LogP contribution in [0.1, 0.15) is 45.0 Å². The van der Waals surface area contributed by atoms with Gasteiger partial charge in [0.1, 0.15) is 0 Å². The molecule has 0 aliphatic heterocycles. The number of hydrogen-bond donors (Lipinski definition) is 0. The lowest BCUT2D eigenvalue weighted by atomic mass is 10.1. The molecule has 0 fully saturated rings. The Kier molecular flexibility index (Phi) is 6.05. The van der Waals surface area contributed by atoms with E-state index in [1.807, 2.05) is 12.1 Å². The molecule has 0 aliphatic rings. The van der Waals surface area contributed by atoms with Gasteiger partial charge in [-0.1, -0.05) is 27.7 Å². The number of rotatable bonds is 6. The Labute approximate surface area is 125 Å². The van der Waals surface area contributed by atoms with Crippen LogP contribution in [0.15, 0.2) is 22.7 Å². The predicted molar refractivity (Wildman–Crippen MR) is 86.0 cm³/mol. The highest BCUT2D eigenvalue weighted by molar-refractivity contribution is 9.10. The van der Waals surface area contributed by atoms with E-state index in [0.29, 0.717) is 11.8 Å². The van der Waals surface area contributed by atoms with E-state index < -0.39 is 0 Å². The Bertz CT molecular complexity index is 430. The summed E-state index contributed by atoms with van der Waals surface area (Å²) in [5.74, 6) is 1.33. The molecule has 0 N–H and O–H groups in total. The summed E-state index contributed by atoms with van der Waals surface area (Å²) in [4.78, 5) is 13.9. The van der Waals surface area contributed by atoms with E-state index in [0.717, 1.165) is 23.1 Å². The van der Waals surface area contributed by atoms with Crippen LogP contribution in [-0.2, 0) is 0 Å². The number of halogens is 1. The quantitative estimate of drug-likeness (QED) is 0.702. The summed E-state index contributed by atoms with van der Waals surface area (Å²) in [6, 6.07) is 6.02. The van der Waals surface area contributed by atoms with Crippen molar-refractivity contribution in [3.8, 4) is 0 Å². The van der Waals surface area contributed by atoms with E-state index in [9.17, 15) is 4.79 Å². The number of nitrogens with zero attached hydrogens (tertiary/aromatic N) is 1. The molecule has 3 heteroatoms. The van der Waals surface area contributed by atoms with E-state index in [-0.39, 0.29) is 5.78 Å².